The molecule has 4 N–H and O–H groups in total. The van der Waals surface area contributed by atoms with Gasteiger partial charge in [0.2, 0.25) is 0 Å². The second-order valence-corrected chi connectivity index (χ2v) is 5.22. The number of nitrogens with zero attached hydrogens (tertiary/aromatic N) is 1. The van der Waals surface area contributed by atoms with Crippen LogP contribution in [0.4, 0.5) is 5.69 Å². The first-order chi connectivity index (χ1) is 9.22. The lowest BCUT2D eigenvalue weighted by atomic mass is 9.91. The van der Waals surface area contributed by atoms with Gasteiger partial charge in [-0.25, -0.2) is 4.98 Å². The van der Waals surface area contributed by atoms with Gasteiger partial charge in [-0.15, -0.1) is 0 Å². The highest BCUT2D eigenvalue weighted by Gasteiger charge is 2.18. The van der Waals surface area contributed by atoms with E-state index < -0.39 is 0 Å². The largest absolute Gasteiger partial charge is 0.382 e. The molecule has 0 atom stereocenters. The molecule has 1 heterocycles. The second kappa shape index (κ2) is 5.01. The molecule has 2 aromatic rings. The van der Waals surface area contributed by atoms with Gasteiger partial charge in [0.25, 0.3) is 5.56 Å². The van der Waals surface area contributed by atoms with Crippen molar-refractivity contribution in [3.63, 3.8) is 0 Å². The van der Waals surface area contributed by atoms with Crippen LogP contribution in [0.5, 0.6) is 0 Å². The molecule has 0 aliphatic heterocycles. The van der Waals surface area contributed by atoms with Crippen molar-refractivity contribution in [1.29, 1.82) is 0 Å². The van der Waals surface area contributed by atoms with Crippen molar-refractivity contribution in [3.8, 4) is 0 Å². The Morgan fingerprint density at radius 3 is 2.84 bits per heavy atom. The molecule has 1 aromatic carbocycles. The van der Waals surface area contributed by atoms with Gasteiger partial charge in [-0.1, -0.05) is 0 Å². The molecule has 5 heteroatoms. The van der Waals surface area contributed by atoms with Gasteiger partial charge in [-0.3, -0.25) is 4.79 Å². The molecule has 19 heavy (non-hydrogen) atoms. The molecule has 1 aliphatic carbocycles. The lowest BCUT2D eigenvalue weighted by molar-refractivity contribution is 0.411. The molecule has 0 bridgehead atoms. The number of benzene rings is 1. The van der Waals surface area contributed by atoms with Crippen LogP contribution in [-0.4, -0.2) is 22.1 Å². The summed E-state index contributed by atoms with van der Waals surface area (Å²) in [6.07, 6.45) is 5.78. The van der Waals surface area contributed by atoms with Crippen molar-refractivity contribution >= 4 is 16.6 Å². The van der Waals surface area contributed by atoms with Crippen molar-refractivity contribution < 1.29 is 0 Å². The number of aromatic nitrogens is 2. The van der Waals surface area contributed by atoms with Crippen LogP contribution in [0.2, 0.25) is 0 Å². The Morgan fingerprint density at radius 2 is 2.05 bits per heavy atom. The zero-order valence-electron chi connectivity index (χ0n) is 10.7. The highest BCUT2D eigenvalue weighted by Crippen LogP contribution is 2.22. The second-order valence-electron chi connectivity index (χ2n) is 5.22. The summed E-state index contributed by atoms with van der Waals surface area (Å²) in [4.78, 5) is 18.4. The number of H-pyrrole nitrogens is 1. The van der Waals surface area contributed by atoms with Crippen LogP contribution in [0.15, 0.2) is 29.3 Å². The first-order valence-corrected chi connectivity index (χ1v) is 6.72. The molecule has 0 unspecified atom stereocenters. The summed E-state index contributed by atoms with van der Waals surface area (Å²) in [5.41, 5.74) is 7.55. The molecule has 1 fully saturated rings. The Balaban J connectivity index is 1.80. The summed E-state index contributed by atoms with van der Waals surface area (Å²) in [5, 5.41) is 4.13. The normalized spacial score (nSPS) is 23.4. The van der Waals surface area contributed by atoms with Crippen molar-refractivity contribution in [2.24, 2.45) is 5.73 Å². The van der Waals surface area contributed by atoms with Crippen LogP contribution in [0.1, 0.15) is 25.7 Å². The average Bonchev–Trinajstić information content (AvgIpc) is 2.42. The number of anilines is 1. The molecule has 0 spiro atoms. The molecular formula is C14H18N4O. The van der Waals surface area contributed by atoms with Crippen LogP contribution in [0, 0.1) is 0 Å². The van der Waals surface area contributed by atoms with E-state index >= 15 is 0 Å². The Labute approximate surface area is 111 Å². The molecule has 0 radical (unpaired) electrons. The Morgan fingerprint density at radius 1 is 1.26 bits per heavy atom. The molecule has 0 saturated heterocycles. The number of aromatic amines is 1. The summed E-state index contributed by atoms with van der Waals surface area (Å²) in [7, 11) is 0. The van der Waals surface area contributed by atoms with Crippen molar-refractivity contribution in [2.45, 2.75) is 37.8 Å². The predicted molar refractivity (Wildman–Crippen MR) is 76.2 cm³/mol. The van der Waals surface area contributed by atoms with E-state index in [1.54, 1.807) is 0 Å². The van der Waals surface area contributed by atoms with Crippen molar-refractivity contribution in [3.05, 3.63) is 34.9 Å². The Bertz CT molecular complexity index is 629. The van der Waals surface area contributed by atoms with E-state index in [-0.39, 0.29) is 5.56 Å². The van der Waals surface area contributed by atoms with Gasteiger partial charge in [-0.2, -0.15) is 0 Å². The molecule has 3 rings (SSSR count). The zero-order chi connectivity index (χ0) is 13.2. The fraction of sp³-hybridized carbons (Fsp3) is 0.429. The molecular weight excluding hydrogens is 240 g/mol. The standard InChI is InChI=1S/C14H18N4O/c15-9-1-3-10(4-2-9)18-11-5-6-12-13(7-11)16-8-17-14(12)19/h5-10,18H,1-4,15H2,(H,16,17,19). The minimum Gasteiger partial charge on any atom is -0.382 e. The third-order valence-corrected chi connectivity index (χ3v) is 3.78. The molecule has 5 nitrogen and oxygen atoms in total. The number of fused-ring (bicyclic) bond motifs is 1. The van der Waals surface area contributed by atoms with E-state index in [1.165, 1.54) is 6.33 Å². The number of hydrogen-bond acceptors (Lipinski definition) is 4. The Kier molecular flexibility index (Phi) is 3.21. The molecule has 1 aromatic heterocycles. The highest BCUT2D eigenvalue weighted by atomic mass is 16.1. The summed E-state index contributed by atoms with van der Waals surface area (Å²) in [6, 6.07) is 6.51. The average molecular weight is 258 g/mol. The maximum absolute atomic E-state index is 11.6. The Hall–Kier alpha value is -1.88. The third kappa shape index (κ3) is 2.61. The minimum absolute atomic E-state index is 0.0970. The first-order valence-electron chi connectivity index (χ1n) is 6.72. The number of rotatable bonds is 2. The van der Waals surface area contributed by atoms with Gasteiger partial charge in [-0.05, 0) is 43.9 Å². The number of nitrogens with two attached hydrogens (primary N) is 1. The minimum atomic E-state index is -0.0970. The maximum Gasteiger partial charge on any atom is 0.258 e. The van der Waals surface area contributed by atoms with Crippen LogP contribution in [-0.2, 0) is 0 Å². The smallest absolute Gasteiger partial charge is 0.258 e. The van der Waals surface area contributed by atoms with Crippen LogP contribution in [0.3, 0.4) is 0 Å². The van der Waals surface area contributed by atoms with Gasteiger partial charge >= 0.3 is 0 Å². The van der Waals surface area contributed by atoms with E-state index in [4.69, 9.17) is 5.73 Å². The van der Waals surface area contributed by atoms with Crippen molar-refractivity contribution in [2.75, 3.05) is 5.32 Å². The molecule has 0 amide bonds. The van der Waals surface area contributed by atoms with E-state index in [2.05, 4.69) is 15.3 Å². The quantitative estimate of drug-likeness (QED) is 0.764. The summed E-state index contributed by atoms with van der Waals surface area (Å²) >= 11 is 0. The molecule has 1 saturated carbocycles. The summed E-state index contributed by atoms with van der Waals surface area (Å²) in [5.74, 6) is 0. The lowest BCUT2D eigenvalue weighted by Crippen LogP contribution is -2.32. The fourth-order valence-electron chi connectivity index (χ4n) is 2.66. The first kappa shape index (κ1) is 12.2. The third-order valence-electron chi connectivity index (χ3n) is 3.78. The van der Waals surface area contributed by atoms with E-state index in [9.17, 15) is 4.79 Å². The van der Waals surface area contributed by atoms with E-state index in [0.29, 0.717) is 17.5 Å². The van der Waals surface area contributed by atoms with Crippen LogP contribution >= 0.6 is 0 Å². The lowest BCUT2D eigenvalue weighted by Gasteiger charge is -2.27. The van der Waals surface area contributed by atoms with E-state index in [1.807, 2.05) is 18.2 Å². The van der Waals surface area contributed by atoms with Gasteiger partial charge in [0.15, 0.2) is 0 Å². The van der Waals surface area contributed by atoms with Gasteiger partial charge in [0, 0.05) is 17.8 Å². The number of hydrogen-bond donors (Lipinski definition) is 3. The van der Waals surface area contributed by atoms with E-state index in [0.717, 1.165) is 36.9 Å². The van der Waals surface area contributed by atoms with Crippen LogP contribution in [0.25, 0.3) is 10.9 Å². The molecule has 100 valence electrons. The predicted octanol–water partition coefficient (Wildman–Crippen LogP) is 1.60. The number of nitrogens with one attached hydrogen (secondary N) is 2. The maximum atomic E-state index is 11.6. The topological polar surface area (TPSA) is 83.8 Å². The summed E-state index contributed by atoms with van der Waals surface area (Å²) in [6.45, 7) is 0. The fourth-order valence-corrected chi connectivity index (χ4v) is 2.66. The zero-order valence-corrected chi connectivity index (χ0v) is 10.7. The van der Waals surface area contributed by atoms with Gasteiger partial charge < -0.3 is 16.0 Å². The van der Waals surface area contributed by atoms with Crippen molar-refractivity contribution in [1.82, 2.24) is 9.97 Å². The van der Waals surface area contributed by atoms with Gasteiger partial charge in [0.1, 0.15) is 0 Å². The monoisotopic (exact) mass is 258 g/mol. The summed E-state index contributed by atoms with van der Waals surface area (Å²) < 4.78 is 0. The highest BCUT2D eigenvalue weighted by molar-refractivity contribution is 5.81. The van der Waals surface area contributed by atoms with Crippen LogP contribution < -0.4 is 16.6 Å². The molecule has 1 aliphatic rings. The SMILES string of the molecule is NC1CCC(Nc2ccc3c(=O)[nH]cnc3c2)CC1. The van der Waals surface area contributed by atoms with Gasteiger partial charge in [0.05, 0.1) is 17.2 Å².